The fraction of sp³-hybridized carbons (Fsp3) is 0.538. The van der Waals surface area contributed by atoms with E-state index >= 15 is 0 Å². The van der Waals surface area contributed by atoms with Gasteiger partial charge in [0.1, 0.15) is 0 Å². The van der Waals surface area contributed by atoms with Gasteiger partial charge in [0.25, 0.3) is 0 Å². The van der Waals surface area contributed by atoms with Crippen molar-refractivity contribution < 1.29 is 4.79 Å². The molecule has 2 heterocycles. The fourth-order valence-electron chi connectivity index (χ4n) is 2.24. The van der Waals surface area contributed by atoms with Crippen LogP contribution < -0.4 is 10.6 Å². The van der Waals surface area contributed by atoms with Crippen LogP contribution in [0.25, 0.3) is 0 Å². The summed E-state index contributed by atoms with van der Waals surface area (Å²) in [5.41, 5.74) is 1.82. The van der Waals surface area contributed by atoms with E-state index in [-0.39, 0.29) is 11.9 Å². The van der Waals surface area contributed by atoms with Crippen LogP contribution in [-0.2, 0) is 4.79 Å². The third kappa shape index (κ3) is 3.03. The van der Waals surface area contributed by atoms with Crippen molar-refractivity contribution in [2.45, 2.75) is 32.7 Å². The van der Waals surface area contributed by atoms with Gasteiger partial charge in [-0.15, -0.1) is 0 Å². The largest absolute Gasteiger partial charge is 0.323 e. The zero-order valence-electron chi connectivity index (χ0n) is 10.4. The summed E-state index contributed by atoms with van der Waals surface area (Å²) >= 11 is 0. The van der Waals surface area contributed by atoms with Crippen molar-refractivity contribution in [2.75, 3.05) is 11.9 Å². The summed E-state index contributed by atoms with van der Waals surface area (Å²) in [5, 5.41) is 6.19. The van der Waals surface area contributed by atoms with Gasteiger partial charge in [-0.05, 0) is 43.9 Å². The first kappa shape index (κ1) is 12.0. The van der Waals surface area contributed by atoms with Crippen molar-refractivity contribution >= 4 is 11.6 Å². The number of nitrogens with zero attached hydrogens (tertiary/aromatic N) is 1. The summed E-state index contributed by atoms with van der Waals surface area (Å²) in [6.45, 7) is 5.00. The van der Waals surface area contributed by atoms with Crippen molar-refractivity contribution in [1.82, 2.24) is 10.3 Å². The number of rotatable bonds is 2. The van der Waals surface area contributed by atoms with Gasteiger partial charge in [0.15, 0.2) is 0 Å². The lowest BCUT2D eigenvalue weighted by Gasteiger charge is -2.28. The highest BCUT2D eigenvalue weighted by atomic mass is 16.2. The first-order valence-electron chi connectivity index (χ1n) is 6.13. The molecule has 17 heavy (non-hydrogen) atoms. The minimum atomic E-state index is -0.0794. The molecule has 2 rings (SSSR count). The number of piperidine rings is 1. The van der Waals surface area contributed by atoms with E-state index in [2.05, 4.69) is 22.5 Å². The smallest absolute Gasteiger partial charge is 0.241 e. The molecule has 1 aliphatic rings. The Kier molecular flexibility index (Phi) is 3.74. The first-order valence-corrected chi connectivity index (χ1v) is 6.13. The van der Waals surface area contributed by atoms with E-state index in [1.165, 1.54) is 0 Å². The Labute approximate surface area is 102 Å². The zero-order chi connectivity index (χ0) is 12.3. The van der Waals surface area contributed by atoms with Gasteiger partial charge < -0.3 is 10.6 Å². The SMILES string of the molecule is Cc1cncc(NC(=O)C2NCCCC2C)c1. The number of hydrogen-bond donors (Lipinski definition) is 2. The Morgan fingerprint density at radius 1 is 1.53 bits per heavy atom. The molecular formula is C13H19N3O. The van der Waals surface area contributed by atoms with Crippen LogP contribution >= 0.6 is 0 Å². The average Bonchev–Trinajstić information content (AvgIpc) is 2.29. The molecule has 1 aromatic heterocycles. The second kappa shape index (κ2) is 5.27. The number of aromatic nitrogens is 1. The number of carbonyl (C=O) groups excluding carboxylic acids is 1. The van der Waals surface area contributed by atoms with Crippen LogP contribution in [0.4, 0.5) is 5.69 Å². The molecule has 92 valence electrons. The molecule has 1 aromatic rings. The number of amides is 1. The standard InChI is InChI=1S/C13H19N3O/c1-9-6-11(8-14-7-9)16-13(17)12-10(2)4-3-5-15-12/h6-8,10,12,15H,3-5H2,1-2H3,(H,16,17). The van der Waals surface area contributed by atoms with Crippen LogP contribution in [0.15, 0.2) is 18.5 Å². The Morgan fingerprint density at radius 2 is 2.35 bits per heavy atom. The van der Waals surface area contributed by atoms with Crippen LogP contribution in [0, 0.1) is 12.8 Å². The summed E-state index contributed by atoms with van der Waals surface area (Å²) in [4.78, 5) is 16.2. The highest BCUT2D eigenvalue weighted by Gasteiger charge is 2.27. The molecule has 1 saturated heterocycles. The molecular weight excluding hydrogens is 214 g/mol. The molecule has 2 N–H and O–H groups in total. The third-order valence-corrected chi connectivity index (χ3v) is 3.19. The Morgan fingerprint density at radius 3 is 3.06 bits per heavy atom. The number of hydrogen-bond acceptors (Lipinski definition) is 3. The normalized spacial score (nSPS) is 24.4. The Balaban J connectivity index is 2.01. The van der Waals surface area contributed by atoms with Gasteiger partial charge in [-0.3, -0.25) is 9.78 Å². The number of nitrogens with one attached hydrogen (secondary N) is 2. The Hall–Kier alpha value is -1.42. The highest BCUT2D eigenvalue weighted by molar-refractivity contribution is 5.95. The van der Waals surface area contributed by atoms with E-state index in [9.17, 15) is 4.79 Å². The lowest BCUT2D eigenvalue weighted by molar-refractivity contribution is -0.119. The van der Waals surface area contributed by atoms with Gasteiger partial charge in [0.2, 0.25) is 5.91 Å². The minimum Gasteiger partial charge on any atom is -0.323 e. The molecule has 0 radical (unpaired) electrons. The maximum Gasteiger partial charge on any atom is 0.241 e. The van der Waals surface area contributed by atoms with Crippen LogP contribution in [0.1, 0.15) is 25.3 Å². The molecule has 4 nitrogen and oxygen atoms in total. The van der Waals surface area contributed by atoms with Crippen LogP contribution in [0.5, 0.6) is 0 Å². The number of anilines is 1. The van der Waals surface area contributed by atoms with E-state index in [4.69, 9.17) is 0 Å². The topological polar surface area (TPSA) is 54.0 Å². The lowest BCUT2D eigenvalue weighted by Crippen LogP contribution is -2.48. The number of aryl methyl sites for hydroxylation is 1. The molecule has 2 unspecified atom stereocenters. The summed E-state index contributed by atoms with van der Waals surface area (Å²) in [5.74, 6) is 0.436. The zero-order valence-corrected chi connectivity index (χ0v) is 10.4. The van der Waals surface area contributed by atoms with Gasteiger partial charge in [0, 0.05) is 6.20 Å². The molecule has 2 atom stereocenters. The summed E-state index contributed by atoms with van der Waals surface area (Å²) in [6.07, 6.45) is 5.71. The van der Waals surface area contributed by atoms with Gasteiger partial charge >= 0.3 is 0 Å². The minimum absolute atomic E-state index is 0.0459. The van der Waals surface area contributed by atoms with Crippen molar-refractivity contribution in [1.29, 1.82) is 0 Å². The van der Waals surface area contributed by atoms with E-state index in [0.29, 0.717) is 5.92 Å². The maximum absolute atomic E-state index is 12.1. The van der Waals surface area contributed by atoms with Crippen molar-refractivity contribution in [3.63, 3.8) is 0 Å². The molecule has 1 amide bonds. The van der Waals surface area contributed by atoms with E-state index in [1.54, 1.807) is 12.4 Å². The molecule has 0 aliphatic carbocycles. The predicted molar refractivity (Wildman–Crippen MR) is 67.8 cm³/mol. The molecule has 0 saturated carbocycles. The van der Waals surface area contributed by atoms with Crippen molar-refractivity contribution in [3.05, 3.63) is 24.0 Å². The van der Waals surface area contributed by atoms with E-state index in [1.807, 2.05) is 13.0 Å². The van der Waals surface area contributed by atoms with Gasteiger partial charge in [-0.25, -0.2) is 0 Å². The van der Waals surface area contributed by atoms with Crippen molar-refractivity contribution in [3.8, 4) is 0 Å². The quantitative estimate of drug-likeness (QED) is 0.817. The monoisotopic (exact) mass is 233 g/mol. The van der Waals surface area contributed by atoms with Crippen LogP contribution in [0.2, 0.25) is 0 Å². The summed E-state index contributed by atoms with van der Waals surface area (Å²) in [7, 11) is 0. The van der Waals surface area contributed by atoms with Gasteiger partial charge in [-0.2, -0.15) is 0 Å². The number of pyridine rings is 1. The maximum atomic E-state index is 12.1. The Bertz CT molecular complexity index is 405. The summed E-state index contributed by atoms with van der Waals surface area (Å²) in [6, 6.07) is 1.85. The first-order chi connectivity index (χ1) is 8.16. The molecule has 1 fully saturated rings. The van der Waals surface area contributed by atoms with Crippen molar-refractivity contribution in [2.24, 2.45) is 5.92 Å². The molecule has 1 aliphatic heterocycles. The second-order valence-corrected chi connectivity index (χ2v) is 4.79. The second-order valence-electron chi connectivity index (χ2n) is 4.79. The summed E-state index contributed by atoms with van der Waals surface area (Å²) < 4.78 is 0. The molecule has 0 spiro atoms. The van der Waals surface area contributed by atoms with E-state index in [0.717, 1.165) is 30.6 Å². The fourth-order valence-corrected chi connectivity index (χ4v) is 2.24. The van der Waals surface area contributed by atoms with Crippen LogP contribution in [0.3, 0.4) is 0 Å². The van der Waals surface area contributed by atoms with Gasteiger partial charge in [0.05, 0.1) is 17.9 Å². The molecule has 0 bridgehead atoms. The highest BCUT2D eigenvalue weighted by Crippen LogP contribution is 2.17. The molecule has 4 heteroatoms. The average molecular weight is 233 g/mol. The lowest BCUT2D eigenvalue weighted by atomic mass is 9.92. The number of carbonyl (C=O) groups is 1. The predicted octanol–water partition coefficient (Wildman–Crippen LogP) is 1.72. The van der Waals surface area contributed by atoms with E-state index < -0.39 is 0 Å². The third-order valence-electron chi connectivity index (χ3n) is 3.19. The van der Waals surface area contributed by atoms with Crippen LogP contribution in [-0.4, -0.2) is 23.5 Å². The molecule has 0 aromatic carbocycles. The van der Waals surface area contributed by atoms with Gasteiger partial charge in [-0.1, -0.05) is 6.92 Å².